The fraction of sp³-hybridized carbons (Fsp3) is 0.360. The van der Waals surface area contributed by atoms with E-state index in [4.69, 9.17) is 11.6 Å². The molecule has 2 aromatic carbocycles. The largest absolute Gasteiger partial charge is 0.356 e. The van der Waals surface area contributed by atoms with Crippen molar-refractivity contribution in [3.05, 3.63) is 64.9 Å². The molecule has 0 aliphatic carbocycles. The summed E-state index contributed by atoms with van der Waals surface area (Å²) in [5.74, 6) is 0.414. The van der Waals surface area contributed by atoms with Crippen molar-refractivity contribution in [2.45, 2.75) is 42.7 Å². The monoisotopic (exact) mass is 561 g/mol. The number of carbonyl (C=O) groups is 2. The minimum Gasteiger partial charge on any atom is -0.356 e. The summed E-state index contributed by atoms with van der Waals surface area (Å²) in [5, 5.41) is 12.3. The van der Waals surface area contributed by atoms with Crippen LogP contribution in [0, 0.1) is 0 Å². The molecular weight excluding hydrogens is 534 g/mol. The number of nitrogens with one attached hydrogen (secondary N) is 1. The molecule has 1 fully saturated rings. The highest BCUT2D eigenvalue weighted by Gasteiger charge is 2.26. The van der Waals surface area contributed by atoms with Gasteiger partial charge in [-0.25, -0.2) is 8.42 Å². The van der Waals surface area contributed by atoms with Crippen molar-refractivity contribution in [2.24, 2.45) is 0 Å². The van der Waals surface area contributed by atoms with Crippen molar-refractivity contribution in [1.29, 1.82) is 0 Å². The minimum atomic E-state index is -3.55. The van der Waals surface area contributed by atoms with Crippen molar-refractivity contribution in [2.75, 3.05) is 25.4 Å². The predicted molar refractivity (Wildman–Crippen MR) is 143 cm³/mol. The molecule has 1 saturated heterocycles. The van der Waals surface area contributed by atoms with E-state index in [1.165, 1.54) is 35.1 Å². The molecule has 2 heterocycles. The maximum Gasteiger partial charge on any atom is 0.243 e. The first-order chi connectivity index (χ1) is 17.8. The van der Waals surface area contributed by atoms with Crippen LogP contribution in [-0.4, -0.2) is 64.6 Å². The third-order valence-corrected chi connectivity index (χ3v) is 9.03. The van der Waals surface area contributed by atoms with E-state index in [0.717, 1.165) is 24.9 Å². The van der Waals surface area contributed by atoms with Gasteiger partial charge in [0.1, 0.15) is 5.82 Å². The third-order valence-electron chi connectivity index (χ3n) is 5.95. The molecule has 0 spiro atoms. The summed E-state index contributed by atoms with van der Waals surface area (Å²) in [6.07, 6.45) is 3.21. The van der Waals surface area contributed by atoms with E-state index in [-0.39, 0.29) is 22.3 Å². The number of Topliss-reactive ketones (excluding diaryl/α,β-unsaturated/α-hetero) is 1. The lowest BCUT2D eigenvalue weighted by molar-refractivity contribution is -0.118. The van der Waals surface area contributed by atoms with Crippen LogP contribution in [0.5, 0.6) is 0 Å². The standard InChI is InChI=1S/C25H28ClN5O4S2/c1-18(32)27-13-12-24-28-29-25(31(24)21-7-5-6-20(26)16-21)36-17-23(33)19-8-10-22(11-9-19)37(34,35)30-14-3-2-4-15-30/h5-11,16H,2-4,12-15,17H2,1H3,(H,27,32). The second-order valence-corrected chi connectivity index (χ2v) is 12.0. The van der Waals surface area contributed by atoms with Crippen molar-refractivity contribution in [3.8, 4) is 5.69 Å². The zero-order valence-electron chi connectivity index (χ0n) is 20.4. The number of piperidine rings is 1. The lowest BCUT2D eigenvalue weighted by Crippen LogP contribution is -2.35. The van der Waals surface area contributed by atoms with E-state index in [2.05, 4.69) is 15.5 Å². The number of benzene rings is 2. The predicted octanol–water partition coefficient (Wildman–Crippen LogP) is 3.75. The fourth-order valence-electron chi connectivity index (χ4n) is 4.06. The molecule has 1 aliphatic rings. The van der Waals surface area contributed by atoms with Gasteiger partial charge < -0.3 is 5.32 Å². The Morgan fingerprint density at radius 3 is 2.46 bits per heavy atom. The highest BCUT2D eigenvalue weighted by atomic mass is 35.5. The molecule has 0 radical (unpaired) electrons. The van der Waals surface area contributed by atoms with Gasteiger partial charge in [-0.15, -0.1) is 10.2 Å². The number of rotatable bonds is 10. The topological polar surface area (TPSA) is 114 Å². The number of aromatic nitrogens is 3. The first kappa shape index (κ1) is 27.3. The molecule has 0 unspecified atom stereocenters. The quantitative estimate of drug-likeness (QED) is 0.296. The van der Waals surface area contributed by atoms with Crippen molar-refractivity contribution in [3.63, 3.8) is 0 Å². The Kier molecular flexibility index (Phi) is 9.01. The van der Waals surface area contributed by atoms with Crippen molar-refractivity contribution in [1.82, 2.24) is 24.4 Å². The van der Waals surface area contributed by atoms with E-state index in [1.54, 1.807) is 24.3 Å². The third kappa shape index (κ3) is 6.78. The van der Waals surface area contributed by atoms with Gasteiger partial charge >= 0.3 is 0 Å². The van der Waals surface area contributed by atoms with Crippen LogP contribution in [0.1, 0.15) is 42.4 Å². The summed E-state index contributed by atoms with van der Waals surface area (Å²) < 4.78 is 29.1. The Bertz CT molecular complexity index is 1370. The summed E-state index contributed by atoms with van der Waals surface area (Å²) in [4.78, 5) is 24.4. The normalized spacial score (nSPS) is 14.4. The van der Waals surface area contributed by atoms with Crippen LogP contribution in [-0.2, 0) is 21.2 Å². The zero-order valence-corrected chi connectivity index (χ0v) is 22.8. The lowest BCUT2D eigenvalue weighted by Gasteiger charge is -2.25. The molecule has 1 amide bonds. The van der Waals surface area contributed by atoms with Gasteiger partial charge in [0.25, 0.3) is 0 Å². The second-order valence-electron chi connectivity index (χ2n) is 8.65. The molecule has 1 aromatic heterocycles. The van der Waals surface area contributed by atoms with E-state index in [0.29, 0.717) is 47.6 Å². The van der Waals surface area contributed by atoms with E-state index in [1.807, 2.05) is 16.7 Å². The number of nitrogens with zero attached hydrogens (tertiary/aromatic N) is 4. The van der Waals surface area contributed by atoms with Gasteiger partial charge in [0.2, 0.25) is 15.9 Å². The summed E-state index contributed by atoms with van der Waals surface area (Å²) in [6.45, 7) is 2.90. The van der Waals surface area contributed by atoms with Crippen LogP contribution in [0.4, 0.5) is 0 Å². The summed E-state index contributed by atoms with van der Waals surface area (Å²) in [5.41, 5.74) is 1.17. The molecular formula is C25H28ClN5O4S2. The fourth-order valence-corrected chi connectivity index (χ4v) is 6.63. The number of hydrogen-bond acceptors (Lipinski definition) is 7. The Labute approximate surface area is 225 Å². The molecule has 4 rings (SSSR count). The van der Waals surface area contributed by atoms with Crippen LogP contribution in [0.25, 0.3) is 5.69 Å². The van der Waals surface area contributed by atoms with Crippen molar-refractivity contribution < 1.29 is 18.0 Å². The van der Waals surface area contributed by atoms with Gasteiger partial charge in [0.15, 0.2) is 10.9 Å². The molecule has 12 heteroatoms. The minimum absolute atomic E-state index is 0.0859. The smallest absolute Gasteiger partial charge is 0.243 e. The number of thioether (sulfide) groups is 1. The molecule has 0 saturated carbocycles. The van der Waals surface area contributed by atoms with Crippen LogP contribution in [0.2, 0.25) is 5.02 Å². The summed E-state index contributed by atoms with van der Waals surface area (Å²) in [6, 6.07) is 13.3. The first-order valence-electron chi connectivity index (χ1n) is 12.0. The number of carbonyl (C=O) groups excluding carboxylic acids is 2. The lowest BCUT2D eigenvalue weighted by atomic mass is 10.1. The molecule has 9 nitrogen and oxygen atoms in total. The van der Waals surface area contributed by atoms with Gasteiger partial charge in [-0.3, -0.25) is 14.2 Å². The molecule has 196 valence electrons. The van der Waals surface area contributed by atoms with Gasteiger partial charge in [-0.05, 0) is 43.2 Å². The Hall–Kier alpha value is -2.73. The molecule has 3 aromatic rings. The number of hydrogen-bond donors (Lipinski definition) is 1. The number of halogens is 1. The van der Waals surface area contributed by atoms with Crippen LogP contribution >= 0.6 is 23.4 Å². The number of sulfonamides is 1. The highest BCUT2D eigenvalue weighted by molar-refractivity contribution is 7.99. The van der Waals surface area contributed by atoms with Crippen LogP contribution in [0.3, 0.4) is 0 Å². The average Bonchev–Trinajstić information content (AvgIpc) is 3.30. The highest BCUT2D eigenvalue weighted by Crippen LogP contribution is 2.26. The molecule has 0 atom stereocenters. The molecule has 37 heavy (non-hydrogen) atoms. The maximum atomic E-state index is 12.9. The summed E-state index contributed by atoms with van der Waals surface area (Å²) >= 11 is 7.42. The van der Waals surface area contributed by atoms with Crippen molar-refractivity contribution >= 4 is 45.1 Å². The SMILES string of the molecule is CC(=O)NCCc1nnc(SCC(=O)c2ccc(S(=O)(=O)N3CCCCC3)cc2)n1-c1cccc(Cl)c1. The maximum absolute atomic E-state index is 12.9. The van der Waals surface area contributed by atoms with E-state index >= 15 is 0 Å². The molecule has 0 bridgehead atoms. The average molecular weight is 562 g/mol. The van der Waals surface area contributed by atoms with Gasteiger partial charge in [0.05, 0.1) is 16.3 Å². The van der Waals surface area contributed by atoms with E-state index < -0.39 is 10.0 Å². The second kappa shape index (κ2) is 12.2. The van der Waals surface area contributed by atoms with Crippen LogP contribution in [0.15, 0.2) is 58.6 Å². The zero-order chi connectivity index (χ0) is 26.4. The van der Waals surface area contributed by atoms with Crippen LogP contribution < -0.4 is 5.32 Å². The summed E-state index contributed by atoms with van der Waals surface area (Å²) in [7, 11) is -3.55. The Balaban J connectivity index is 1.48. The Morgan fingerprint density at radius 2 is 1.78 bits per heavy atom. The molecule has 1 aliphatic heterocycles. The number of amides is 1. The Morgan fingerprint density at radius 1 is 1.05 bits per heavy atom. The number of ketones is 1. The molecule has 1 N–H and O–H groups in total. The van der Waals surface area contributed by atoms with E-state index in [9.17, 15) is 18.0 Å². The van der Waals surface area contributed by atoms with Gasteiger partial charge in [0, 0.05) is 43.6 Å². The first-order valence-corrected chi connectivity index (χ1v) is 14.8. The van der Waals surface area contributed by atoms with Gasteiger partial charge in [-0.2, -0.15) is 4.31 Å². The van der Waals surface area contributed by atoms with Gasteiger partial charge in [-0.1, -0.05) is 48.0 Å².